The van der Waals surface area contributed by atoms with Crippen molar-refractivity contribution in [3.63, 3.8) is 0 Å². The second-order valence-corrected chi connectivity index (χ2v) is 5.53. The largest absolute Gasteiger partial charge is 0.326 e. The molecule has 2 atom stereocenters. The quantitative estimate of drug-likeness (QED) is 0.927. The van der Waals surface area contributed by atoms with Crippen molar-refractivity contribution in [2.45, 2.75) is 32.1 Å². The van der Waals surface area contributed by atoms with Crippen LogP contribution in [0.15, 0.2) is 48.5 Å². The summed E-state index contributed by atoms with van der Waals surface area (Å²) >= 11 is 0. The monoisotopic (exact) mass is 270 g/mol. The molecule has 0 bridgehead atoms. The summed E-state index contributed by atoms with van der Waals surface area (Å²) in [6.07, 6.45) is 0. The Morgan fingerprint density at radius 1 is 1.00 bits per heavy atom. The first-order chi connectivity index (χ1) is 9.65. The Morgan fingerprint density at radius 3 is 2.05 bits per heavy atom. The molecule has 20 heavy (non-hydrogen) atoms. The van der Waals surface area contributed by atoms with Crippen molar-refractivity contribution in [1.82, 2.24) is 4.90 Å². The van der Waals surface area contributed by atoms with Crippen LogP contribution >= 0.6 is 0 Å². The minimum Gasteiger partial charge on any atom is -0.326 e. The number of benzene rings is 2. The summed E-state index contributed by atoms with van der Waals surface area (Å²) in [6, 6.07) is 15.3. The van der Waals surface area contributed by atoms with Crippen LogP contribution in [0.4, 0.5) is 4.39 Å². The minimum absolute atomic E-state index is 0.00484. The average molecular weight is 270 g/mol. The normalized spacial score (nSPS) is 17.8. The van der Waals surface area contributed by atoms with Gasteiger partial charge in [-0.1, -0.05) is 36.4 Å². The van der Waals surface area contributed by atoms with Gasteiger partial charge in [0.2, 0.25) is 0 Å². The maximum Gasteiger partial charge on any atom is 0.123 e. The smallest absolute Gasteiger partial charge is 0.123 e. The lowest BCUT2D eigenvalue weighted by Gasteiger charge is -2.31. The molecule has 3 rings (SSSR count). The first-order valence-electron chi connectivity index (χ1n) is 6.97. The third-order valence-electron chi connectivity index (χ3n) is 3.97. The second-order valence-electron chi connectivity index (χ2n) is 5.53. The zero-order valence-corrected chi connectivity index (χ0v) is 11.6. The molecular weight excluding hydrogens is 251 g/mol. The van der Waals surface area contributed by atoms with Crippen LogP contribution < -0.4 is 5.73 Å². The van der Waals surface area contributed by atoms with E-state index in [0.717, 1.165) is 18.7 Å². The molecule has 1 heterocycles. The molecule has 0 radical (unpaired) electrons. The fourth-order valence-electron chi connectivity index (χ4n) is 3.06. The minimum atomic E-state index is -0.207. The van der Waals surface area contributed by atoms with E-state index in [4.69, 9.17) is 5.73 Å². The Kier molecular flexibility index (Phi) is 3.55. The predicted octanol–water partition coefficient (Wildman–Crippen LogP) is 3.23. The van der Waals surface area contributed by atoms with Crippen LogP contribution in [0.2, 0.25) is 0 Å². The zero-order chi connectivity index (χ0) is 14.1. The van der Waals surface area contributed by atoms with Crippen LogP contribution in [-0.2, 0) is 13.1 Å². The summed E-state index contributed by atoms with van der Waals surface area (Å²) in [4.78, 5) is 2.36. The van der Waals surface area contributed by atoms with Crippen molar-refractivity contribution >= 4 is 0 Å². The van der Waals surface area contributed by atoms with Crippen molar-refractivity contribution in [3.05, 3.63) is 71.0 Å². The van der Waals surface area contributed by atoms with Gasteiger partial charge < -0.3 is 5.73 Å². The van der Waals surface area contributed by atoms with Gasteiger partial charge in [-0.2, -0.15) is 0 Å². The summed E-state index contributed by atoms with van der Waals surface area (Å²) < 4.78 is 13.1. The van der Waals surface area contributed by atoms with E-state index in [9.17, 15) is 4.39 Å². The first-order valence-corrected chi connectivity index (χ1v) is 6.97. The highest BCUT2D eigenvalue weighted by Crippen LogP contribution is 2.32. The second kappa shape index (κ2) is 5.35. The Bertz CT molecular complexity index is 567. The molecule has 3 heteroatoms. The zero-order valence-electron chi connectivity index (χ0n) is 11.6. The molecule has 0 amide bonds. The first kappa shape index (κ1) is 13.3. The molecule has 0 saturated carbocycles. The Morgan fingerprint density at radius 2 is 1.55 bits per heavy atom. The number of fused-ring (bicyclic) bond motifs is 1. The molecule has 2 aromatic carbocycles. The van der Waals surface area contributed by atoms with Crippen molar-refractivity contribution < 1.29 is 4.39 Å². The maximum atomic E-state index is 13.1. The van der Waals surface area contributed by atoms with Gasteiger partial charge in [0, 0.05) is 19.1 Å². The highest BCUT2D eigenvalue weighted by atomic mass is 19.1. The van der Waals surface area contributed by atoms with Gasteiger partial charge >= 0.3 is 0 Å². The molecule has 0 saturated heterocycles. The van der Waals surface area contributed by atoms with Crippen molar-refractivity contribution in [1.29, 1.82) is 0 Å². The van der Waals surface area contributed by atoms with Gasteiger partial charge in [0.15, 0.2) is 0 Å². The predicted molar refractivity (Wildman–Crippen MR) is 78.5 cm³/mol. The lowest BCUT2D eigenvalue weighted by molar-refractivity contribution is 0.178. The molecule has 1 aliphatic heterocycles. The van der Waals surface area contributed by atoms with Gasteiger partial charge in [0.05, 0.1) is 6.04 Å². The van der Waals surface area contributed by atoms with Gasteiger partial charge in [0.1, 0.15) is 5.82 Å². The lowest BCUT2D eigenvalue weighted by atomic mass is 9.99. The van der Waals surface area contributed by atoms with E-state index < -0.39 is 0 Å². The Balaban J connectivity index is 1.88. The number of halogens is 1. The molecule has 0 aromatic heterocycles. The number of hydrogen-bond donors (Lipinski definition) is 1. The molecule has 2 unspecified atom stereocenters. The molecular formula is C17H19FN2. The van der Waals surface area contributed by atoms with Crippen LogP contribution in [0.25, 0.3) is 0 Å². The molecule has 0 fully saturated rings. The Hall–Kier alpha value is -1.71. The lowest BCUT2D eigenvalue weighted by Crippen LogP contribution is -2.36. The third kappa shape index (κ3) is 2.47. The van der Waals surface area contributed by atoms with Crippen LogP contribution in [0.5, 0.6) is 0 Å². The summed E-state index contributed by atoms with van der Waals surface area (Å²) in [6.45, 7) is 3.82. The number of nitrogens with two attached hydrogens (primary N) is 1. The van der Waals surface area contributed by atoms with Crippen LogP contribution in [0.1, 0.15) is 29.7 Å². The summed E-state index contributed by atoms with van der Waals surface area (Å²) in [5.74, 6) is -0.207. The van der Waals surface area contributed by atoms with Gasteiger partial charge in [-0.05, 0) is 35.7 Å². The van der Waals surface area contributed by atoms with Gasteiger partial charge in [0.25, 0.3) is 0 Å². The number of hydrogen-bond acceptors (Lipinski definition) is 2. The van der Waals surface area contributed by atoms with Gasteiger partial charge in [-0.15, -0.1) is 0 Å². The van der Waals surface area contributed by atoms with Crippen LogP contribution in [0, 0.1) is 5.82 Å². The molecule has 2 nitrogen and oxygen atoms in total. The van der Waals surface area contributed by atoms with Crippen molar-refractivity contribution in [2.75, 3.05) is 0 Å². The SMILES string of the molecule is CC(N)C(c1ccc(F)cc1)N1Cc2ccccc2C1. The molecule has 2 aromatic rings. The molecule has 0 aliphatic carbocycles. The molecule has 0 spiro atoms. The van der Waals surface area contributed by atoms with E-state index in [2.05, 4.69) is 29.2 Å². The van der Waals surface area contributed by atoms with E-state index in [1.54, 1.807) is 0 Å². The van der Waals surface area contributed by atoms with Crippen LogP contribution in [-0.4, -0.2) is 10.9 Å². The number of rotatable bonds is 3. The average Bonchev–Trinajstić information content (AvgIpc) is 2.84. The van der Waals surface area contributed by atoms with Gasteiger partial charge in [-0.3, -0.25) is 4.90 Å². The maximum absolute atomic E-state index is 13.1. The van der Waals surface area contributed by atoms with Crippen molar-refractivity contribution in [2.24, 2.45) is 5.73 Å². The molecule has 104 valence electrons. The van der Waals surface area contributed by atoms with E-state index >= 15 is 0 Å². The van der Waals surface area contributed by atoms with E-state index in [-0.39, 0.29) is 17.9 Å². The summed E-state index contributed by atoms with van der Waals surface area (Å²) in [5, 5.41) is 0. The topological polar surface area (TPSA) is 29.3 Å². The fraction of sp³-hybridized carbons (Fsp3) is 0.294. The fourth-order valence-corrected chi connectivity index (χ4v) is 3.06. The summed E-state index contributed by atoms with van der Waals surface area (Å²) in [7, 11) is 0. The van der Waals surface area contributed by atoms with E-state index in [1.165, 1.54) is 23.3 Å². The summed E-state index contributed by atoms with van der Waals surface area (Å²) in [5.41, 5.74) is 9.99. The Labute approximate surface area is 119 Å². The van der Waals surface area contributed by atoms with Gasteiger partial charge in [-0.25, -0.2) is 4.39 Å². The van der Waals surface area contributed by atoms with E-state index in [1.807, 2.05) is 19.1 Å². The third-order valence-corrected chi connectivity index (χ3v) is 3.97. The van der Waals surface area contributed by atoms with Crippen LogP contribution in [0.3, 0.4) is 0 Å². The highest BCUT2D eigenvalue weighted by Gasteiger charge is 2.29. The standard InChI is InChI=1S/C17H19FN2/c1-12(19)17(13-6-8-16(18)9-7-13)20-10-14-4-2-3-5-15(14)11-20/h2-9,12,17H,10-11,19H2,1H3. The van der Waals surface area contributed by atoms with E-state index in [0.29, 0.717) is 0 Å². The van der Waals surface area contributed by atoms with Crippen molar-refractivity contribution in [3.8, 4) is 0 Å². The highest BCUT2D eigenvalue weighted by molar-refractivity contribution is 5.32. The molecule has 2 N–H and O–H groups in total. The number of nitrogens with zero attached hydrogens (tertiary/aromatic N) is 1. The molecule has 1 aliphatic rings.